The molecule has 0 N–H and O–H groups in total. The minimum atomic E-state index is -0.236. The molecular weight excluding hydrogens is 392 g/mol. The molecule has 1 aliphatic heterocycles. The molecule has 0 fully saturated rings. The Morgan fingerprint density at radius 1 is 1.00 bits per heavy atom. The molecule has 0 amide bonds. The second kappa shape index (κ2) is 6.00. The van der Waals surface area contributed by atoms with Crippen LogP contribution < -0.4 is 4.57 Å². The minimum Gasteiger partial charge on any atom is -0.299 e. The van der Waals surface area contributed by atoms with E-state index in [1.54, 1.807) is 0 Å². The maximum absolute atomic E-state index is 5.14. The molecule has 0 saturated carbocycles. The van der Waals surface area contributed by atoms with Gasteiger partial charge in [0.05, 0.1) is 38.7 Å². The molecule has 0 unspecified atom stereocenters. The quantitative estimate of drug-likeness (QED) is 0.307. The van der Waals surface area contributed by atoms with Crippen LogP contribution in [-0.4, -0.2) is 14.0 Å². The summed E-state index contributed by atoms with van der Waals surface area (Å²) in [7, 11) is 2.19. The lowest BCUT2D eigenvalue weighted by molar-refractivity contribution is -0.661. The Morgan fingerprint density at radius 3 is 2.50 bits per heavy atom. The highest BCUT2D eigenvalue weighted by Gasteiger charge is 2.43. The summed E-state index contributed by atoms with van der Waals surface area (Å²) >= 11 is 0. The second-order valence-corrected chi connectivity index (χ2v) is 11.2. The fourth-order valence-corrected chi connectivity index (χ4v) is 5.92. The van der Waals surface area contributed by atoms with E-state index < -0.39 is 0 Å². The number of nitrogens with zero attached hydrogens (tertiary/aromatic N) is 4. The molecule has 0 bridgehead atoms. The second-order valence-electron chi connectivity index (χ2n) is 11.2. The SMILES string of the molecule is Cc1ccc2c3c1-c1c(c(CC(C)(C)C)cc[n+]1C)C(C)(C)n3c1nc3ccccc3n21. The van der Waals surface area contributed by atoms with Crippen molar-refractivity contribution in [2.75, 3.05) is 0 Å². The summed E-state index contributed by atoms with van der Waals surface area (Å²) in [4.78, 5) is 5.14. The van der Waals surface area contributed by atoms with Crippen LogP contribution in [0.25, 0.3) is 39.1 Å². The van der Waals surface area contributed by atoms with Gasteiger partial charge < -0.3 is 0 Å². The zero-order valence-electron chi connectivity index (χ0n) is 20.1. The molecule has 5 aromatic rings. The first kappa shape index (κ1) is 19.5. The number of pyridine rings is 1. The summed E-state index contributed by atoms with van der Waals surface area (Å²) in [5.41, 5.74) is 11.6. The predicted molar refractivity (Wildman–Crippen MR) is 131 cm³/mol. The highest BCUT2D eigenvalue weighted by molar-refractivity contribution is 6.01. The summed E-state index contributed by atoms with van der Waals surface area (Å²) < 4.78 is 7.17. The Kier molecular flexibility index (Phi) is 3.67. The number of aromatic nitrogens is 4. The lowest BCUT2D eigenvalue weighted by Gasteiger charge is -2.36. The van der Waals surface area contributed by atoms with Gasteiger partial charge in [-0.25, -0.2) is 9.55 Å². The summed E-state index contributed by atoms with van der Waals surface area (Å²) in [6.07, 6.45) is 3.28. The summed E-state index contributed by atoms with van der Waals surface area (Å²) in [5, 5.41) is 0. The molecule has 0 saturated heterocycles. The average molecular weight is 424 g/mol. The van der Waals surface area contributed by atoms with Crippen molar-refractivity contribution in [3.8, 4) is 11.3 Å². The number of aryl methyl sites for hydroxylation is 2. The first-order chi connectivity index (χ1) is 15.1. The molecule has 4 nitrogen and oxygen atoms in total. The highest BCUT2D eigenvalue weighted by Crippen LogP contribution is 2.48. The van der Waals surface area contributed by atoms with Gasteiger partial charge in [-0.05, 0) is 61.9 Å². The van der Waals surface area contributed by atoms with Crippen LogP contribution in [-0.2, 0) is 19.0 Å². The Bertz CT molecular complexity index is 1570. The van der Waals surface area contributed by atoms with Crippen LogP contribution >= 0.6 is 0 Å². The number of imidazole rings is 2. The molecule has 2 aromatic carbocycles. The first-order valence-corrected chi connectivity index (χ1v) is 11.5. The van der Waals surface area contributed by atoms with Crippen LogP contribution in [0.1, 0.15) is 51.3 Å². The Labute approximate surface area is 189 Å². The van der Waals surface area contributed by atoms with Crippen molar-refractivity contribution >= 4 is 27.8 Å². The van der Waals surface area contributed by atoms with Gasteiger partial charge >= 0.3 is 0 Å². The van der Waals surface area contributed by atoms with Crippen LogP contribution in [0.4, 0.5) is 0 Å². The van der Waals surface area contributed by atoms with Crippen LogP contribution in [0.3, 0.4) is 0 Å². The third-order valence-corrected chi connectivity index (χ3v) is 7.11. The number of benzene rings is 2. The molecule has 32 heavy (non-hydrogen) atoms. The molecule has 4 heteroatoms. The Hall–Kier alpha value is -3.14. The predicted octanol–water partition coefficient (Wildman–Crippen LogP) is 5.93. The van der Waals surface area contributed by atoms with E-state index in [0.717, 1.165) is 17.7 Å². The molecule has 0 spiro atoms. The van der Waals surface area contributed by atoms with E-state index in [2.05, 4.69) is 111 Å². The molecule has 162 valence electrons. The van der Waals surface area contributed by atoms with E-state index in [0.29, 0.717) is 0 Å². The normalized spacial score (nSPS) is 15.1. The number of para-hydroxylation sites is 2. The summed E-state index contributed by atoms with van der Waals surface area (Å²) in [6, 6.07) is 15.4. The molecule has 0 aliphatic carbocycles. The van der Waals surface area contributed by atoms with E-state index in [1.165, 1.54) is 44.5 Å². The number of hydrogen-bond donors (Lipinski definition) is 0. The van der Waals surface area contributed by atoms with Gasteiger partial charge in [-0.3, -0.25) is 8.97 Å². The Morgan fingerprint density at radius 2 is 1.75 bits per heavy atom. The monoisotopic (exact) mass is 423 g/mol. The van der Waals surface area contributed by atoms with E-state index in [4.69, 9.17) is 4.98 Å². The van der Waals surface area contributed by atoms with Crippen molar-refractivity contribution < 1.29 is 4.57 Å². The van der Waals surface area contributed by atoms with Crippen LogP contribution in [0.5, 0.6) is 0 Å². The Balaban J connectivity index is 1.86. The fraction of sp³-hybridized carbons (Fsp3) is 0.357. The van der Waals surface area contributed by atoms with Crippen LogP contribution in [0.15, 0.2) is 48.7 Å². The van der Waals surface area contributed by atoms with Gasteiger partial charge in [0.15, 0.2) is 6.20 Å². The van der Waals surface area contributed by atoms with Gasteiger partial charge in [0, 0.05) is 6.07 Å². The van der Waals surface area contributed by atoms with Gasteiger partial charge in [0.1, 0.15) is 7.05 Å². The van der Waals surface area contributed by atoms with E-state index in [9.17, 15) is 0 Å². The maximum Gasteiger partial charge on any atom is 0.220 e. The van der Waals surface area contributed by atoms with Crippen molar-refractivity contribution in [2.45, 2.75) is 53.5 Å². The third-order valence-electron chi connectivity index (χ3n) is 7.11. The fourth-order valence-electron chi connectivity index (χ4n) is 5.92. The zero-order valence-corrected chi connectivity index (χ0v) is 20.1. The minimum absolute atomic E-state index is 0.207. The van der Waals surface area contributed by atoms with Crippen molar-refractivity contribution in [1.29, 1.82) is 0 Å². The number of hydrogen-bond acceptors (Lipinski definition) is 1. The van der Waals surface area contributed by atoms with Crippen molar-refractivity contribution in [1.82, 2.24) is 14.0 Å². The molecule has 0 radical (unpaired) electrons. The van der Waals surface area contributed by atoms with Gasteiger partial charge in [-0.15, -0.1) is 0 Å². The molecule has 0 atom stereocenters. The molecule has 1 aliphatic rings. The lowest BCUT2D eigenvalue weighted by atomic mass is 9.77. The van der Waals surface area contributed by atoms with Crippen molar-refractivity contribution in [3.05, 3.63) is 65.4 Å². The van der Waals surface area contributed by atoms with Crippen molar-refractivity contribution in [2.24, 2.45) is 12.5 Å². The molecule has 4 heterocycles. The average Bonchev–Trinajstić information content (AvgIpc) is 3.22. The van der Waals surface area contributed by atoms with Crippen molar-refractivity contribution in [3.63, 3.8) is 0 Å². The molecular formula is C28H31N4+. The van der Waals surface area contributed by atoms with Gasteiger partial charge in [0.25, 0.3) is 0 Å². The van der Waals surface area contributed by atoms with E-state index >= 15 is 0 Å². The summed E-state index contributed by atoms with van der Waals surface area (Å²) in [5.74, 6) is 1.02. The van der Waals surface area contributed by atoms with Gasteiger partial charge in [-0.1, -0.05) is 39.0 Å². The maximum atomic E-state index is 5.14. The van der Waals surface area contributed by atoms with Crippen LogP contribution in [0, 0.1) is 12.3 Å². The van der Waals surface area contributed by atoms with E-state index in [-0.39, 0.29) is 11.0 Å². The van der Waals surface area contributed by atoms with Gasteiger partial charge in [0.2, 0.25) is 11.5 Å². The topological polar surface area (TPSA) is 26.1 Å². The standard InChI is InChI=1S/C28H31N4/c1-17-12-13-21-24-22(17)25-23(18(14-15-30(25)7)16-27(2,3)4)28(5,6)32(24)26-29-19-10-8-9-11-20(19)31(21)26/h8-15H,16H2,1-7H3/q+1. The van der Waals surface area contributed by atoms with Gasteiger partial charge in [-0.2, -0.15) is 0 Å². The number of fused-ring (bicyclic) bond motifs is 7. The highest BCUT2D eigenvalue weighted by atomic mass is 15.2. The lowest BCUT2D eigenvalue weighted by Crippen LogP contribution is -2.41. The number of rotatable bonds is 1. The largest absolute Gasteiger partial charge is 0.299 e. The van der Waals surface area contributed by atoms with Crippen LogP contribution in [0.2, 0.25) is 0 Å². The zero-order chi connectivity index (χ0) is 22.6. The summed E-state index contributed by atoms with van der Waals surface area (Å²) in [6.45, 7) is 14.0. The van der Waals surface area contributed by atoms with E-state index in [1.807, 2.05) is 0 Å². The molecule has 6 rings (SSSR count). The molecule has 3 aromatic heterocycles. The third kappa shape index (κ3) is 2.38. The smallest absolute Gasteiger partial charge is 0.220 e. The first-order valence-electron chi connectivity index (χ1n) is 11.5.